The van der Waals surface area contributed by atoms with Crippen molar-refractivity contribution in [3.63, 3.8) is 0 Å². The Morgan fingerprint density at radius 3 is 2.47 bits per heavy atom. The second-order valence-electron chi connectivity index (χ2n) is 3.21. The quantitative estimate of drug-likeness (QED) is 0.389. The summed E-state index contributed by atoms with van der Waals surface area (Å²) in [5.41, 5.74) is 0. The SMILES string of the molecule is C#CCO[C@@H]1[C@@H](O)[C@@H](O)O[C@H](CO)[C@H]1O. The van der Waals surface area contributed by atoms with Gasteiger partial charge in [-0.2, -0.15) is 0 Å². The first-order valence-electron chi connectivity index (χ1n) is 4.47. The fraction of sp³-hybridized carbons (Fsp3) is 0.778. The first kappa shape index (κ1) is 12.4. The molecule has 0 spiro atoms. The Morgan fingerprint density at radius 1 is 1.27 bits per heavy atom. The van der Waals surface area contributed by atoms with E-state index in [2.05, 4.69) is 5.92 Å². The largest absolute Gasteiger partial charge is 0.394 e. The molecule has 0 bridgehead atoms. The number of aliphatic hydroxyl groups is 4. The van der Waals surface area contributed by atoms with Crippen LogP contribution in [0.3, 0.4) is 0 Å². The summed E-state index contributed by atoms with van der Waals surface area (Å²) in [7, 11) is 0. The van der Waals surface area contributed by atoms with E-state index in [-0.39, 0.29) is 6.61 Å². The van der Waals surface area contributed by atoms with Gasteiger partial charge in [-0.3, -0.25) is 0 Å². The number of terminal acetylenes is 1. The highest BCUT2D eigenvalue weighted by Crippen LogP contribution is 2.21. The predicted octanol–water partition coefficient (Wildman–Crippen LogP) is -2.56. The molecule has 6 heteroatoms. The molecule has 0 aromatic rings. The Kier molecular flexibility index (Phi) is 4.47. The van der Waals surface area contributed by atoms with Crippen LogP contribution in [0.15, 0.2) is 0 Å². The zero-order valence-electron chi connectivity index (χ0n) is 7.98. The van der Waals surface area contributed by atoms with Gasteiger partial charge in [0.15, 0.2) is 6.29 Å². The average Bonchev–Trinajstić information content (AvgIpc) is 2.23. The van der Waals surface area contributed by atoms with Gasteiger partial charge in [0, 0.05) is 0 Å². The van der Waals surface area contributed by atoms with E-state index >= 15 is 0 Å². The predicted molar refractivity (Wildman–Crippen MR) is 48.6 cm³/mol. The molecule has 6 nitrogen and oxygen atoms in total. The smallest absolute Gasteiger partial charge is 0.184 e. The minimum atomic E-state index is -1.51. The lowest BCUT2D eigenvalue weighted by atomic mass is 9.99. The maximum Gasteiger partial charge on any atom is 0.184 e. The maximum absolute atomic E-state index is 9.59. The highest BCUT2D eigenvalue weighted by molar-refractivity contribution is 4.92. The van der Waals surface area contributed by atoms with Crippen LogP contribution in [0.25, 0.3) is 0 Å². The summed E-state index contributed by atoms with van der Waals surface area (Å²) in [6.07, 6.45) is -1.24. The van der Waals surface area contributed by atoms with Gasteiger partial charge in [0.2, 0.25) is 0 Å². The first-order valence-corrected chi connectivity index (χ1v) is 4.47. The molecule has 1 saturated heterocycles. The van der Waals surface area contributed by atoms with E-state index < -0.39 is 37.3 Å². The normalized spacial score (nSPS) is 41.1. The van der Waals surface area contributed by atoms with Crippen LogP contribution < -0.4 is 0 Å². The van der Waals surface area contributed by atoms with E-state index in [1.54, 1.807) is 0 Å². The van der Waals surface area contributed by atoms with Gasteiger partial charge >= 0.3 is 0 Å². The lowest BCUT2D eigenvalue weighted by Gasteiger charge is -2.39. The Hall–Kier alpha value is -0.680. The molecule has 0 saturated carbocycles. The lowest BCUT2D eigenvalue weighted by molar-refractivity contribution is -0.292. The van der Waals surface area contributed by atoms with Gasteiger partial charge in [0.1, 0.15) is 31.0 Å². The minimum Gasteiger partial charge on any atom is -0.394 e. The van der Waals surface area contributed by atoms with Crippen molar-refractivity contribution in [2.75, 3.05) is 13.2 Å². The molecule has 4 N–H and O–H groups in total. The summed E-state index contributed by atoms with van der Waals surface area (Å²) in [5, 5.41) is 37.1. The van der Waals surface area contributed by atoms with Crippen LogP contribution in [0, 0.1) is 12.3 Å². The Bertz CT molecular complexity index is 237. The number of aliphatic hydroxyl groups excluding tert-OH is 4. The number of rotatable bonds is 3. The third-order valence-corrected chi connectivity index (χ3v) is 2.20. The van der Waals surface area contributed by atoms with E-state index in [9.17, 15) is 15.3 Å². The van der Waals surface area contributed by atoms with Crippen molar-refractivity contribution in [2.24, 2.45) is 0 Å². The Labute approximate surface area is 87.1 Å². The summed E-state index contributed by atoms with van der Waals surface area (Å²) in [6, 6.07) is 0. The molecule has 1 fully saturated rings. The van der Waals surface area contributed by atoms with Crippen molar-refractivity contribution in [1.29, 1.82) is 0 Å². The van der Waals surface area contributed by atoms with Gasteiger partial charge in [0.25, 0.3) is 0 Å². The number of hydrogen-bond donors (Lipinski definition) is 4. The van der Waals surface area contributed by atoms with Crippen LogP contribution >= 0.6 is 0 Å². The molecule has 1 heterocycles. The van der Waals surface area contributed by atoms with Gasteiger partial charge in [-0.1, -0.05) is 5.92 Å². The van der Waals surface area contributed by atoms with Gasteiger partial charge in [0.05, 0.1) is 6.61 Å². The summed E-state index contributed by atoms with van der Waals surface area (Å²) < 4.78 is 9.72. The fourth-order valence-electron chi connectivity index (χ4n) is 1.41. The molecule has 1 rings (SSSR count). The van der Waals surface area contributed by atoms with E-state index in [0.717, 1.165) is 0 Å². The van der Waals surface area contributed by atoms with E-state index in [4.69, 9.17) is 21.0 Å². The highest BCUT2D eigenvalue weighted by atomic mass is 16.6. The Morgan fingerprint density at radius 2 is 1.93 bits per heavy atom. The third-order valence-electron chi connectivity index (χ3n) is 2.20. The van der Waals surface area contributed by atoms with Crippen LogP contribution in [0.4, 0.5) is 0 Å². The second-order valence-corrected chi connectivity index (χ2v) is 3.21. The number of hydrogen-bond acceptors (Lipinski definition) is 6. The molecule has 0 aliphatic carbocycles. The molecule has 0 amide bonds. The summed E-state index contributed by atoms with van der Waals surface area (Å²) in [6.45, 7) is -0.593. The molecule has 5 atom stereocenters. The molecule has 1 aliphatic heterocycles. The van der Waals surface area contributed by atoms with Crippen LogP contribution in [0.1, 0.15) is 0 Å². The molecule has 1 aliphatic rings. The van der Waals surface area contributed by atoms with Gasteiger partial charge in [-0.15, -0.1) is 6.42 Å². The average molecular weight is 218 g/mol. The van der Waals surface area contributed by atoms with Crippen LogP contribution in [0.2, 0.25) is 0 Å². The zero-order chi connectivity index (χ0) is 11.4. The van der Waals surface area contributed by atoms with E-state index in [0.29, 0.717) is 0 Å². The molecular weight excluding hydrogens is 204 g/mol. The van der Waals surface area contributed by atoms with E-state index in [1.165, 1.54) is 0 Å². The first-order chi connectivity index (χ1) is 7.11. The van der Waals surface area contributed by atoms with Crippen molar-refractivity contribution in [3.8, 4) is 12.3 Å². The van der Waals surface area contributed by atoms with Crippen molar-refractivity contribution < 1.29 is 29.9 Å². The lowest BCUT2D eigenvalue weighted by Crippen LogP contribution is -2.59. The molecule has 15 heavy (non-hydrogen) atoms. The van der Waals surface area contributed by atoms with Crippen LogP contribution in [0.5, 0.6) is 0 Å². The second kappa shape index (κ2) is 5.42. The monoisotopic (exact) mass is 218 g/mol. The van der Waals surface area contributed by atoms with Crippen molar-refractivity contribution in [2.45, 2.75) is 30.7 Å². The Balaban J connectivity index is 2.67. The molecular formula is C9H14O6. The molecule has 86 valence electrons. The fourth-order valence-corrected chi connectivity index (χ4v) is 1.41. The molecule has 0 unspecified atom stereocenters. The topological polar surface area (TPSA) is 99.4 Å². The molecule has 0 aromatic carbocycles. The summed E-state index contributed by atoms with van der Waals surface area (Å²) in [4.78, 5) is 0. The number of ether oxygens (including phenoxy) is 2. The molecule has 0 radical (unpaired) electrons. The maximum atomic E-state index is 9.59. The summed E-state index contributed by atoms with van der Waals surface area (Å²) in [5.74, 6) is 2.17. The highest BCUT2D eigenvalue weighted by Gasteiger charge is 2.44. The minimum absolute atomic E-state index is 0.107. The summed E-state index contributed by atoms with van der Waals surface area (Å²) >= 11 is 0. The third kappa shape index (κ3) is 2.66. The van der Waals surface area contributed by atoms with Crippen LogP contribution in [-0.4, -0.2) is 64.3 Å². The van der Waals surface area contributed by atoms with Gasteiger partial charge in [-0.05, 0) is 0 Å². The standard InChI is InChI=1S/C9H14O6/c1-2-3-14-8-6(11)5(4-10)15-9(13)7(8)12/h1,5-13H,3-4H2/t5-,6-,7-,8+,9+/m1/s1. The van der Waals surface area contributed by atoms with Crippen molar-refractivity contribution in [1.82, 2.24) is 0 Å². The van der Waals surface area contributed by atoms with Crippen molar-refractivity contribution >= 4 is 0 Å². The van der Waals surface area contributed by atoms with Gasteiger partial charge in [-0.25, -0.2) is 0 Å². The van der Waals surface area contributed by atoms with Crippen LogP contribution in [-0.2, 0) is 9.47 Å². The zero-order valence-corrected chi connectivity index (χ0v) is 7.98. The van der Waals surface area contributed by atoms with Gasteiger partial charge < -0.3 is 29.9 Å². The van der Waals surface area contributed by atoms with E-state index in [1.807, 2.05) is 0 Å². The van der Waals surface area contributed by atoms with Crippen molar-refractivity contribution in [3.05, 3.63) is 0 Å². The molecule has 0 aromatic heterocycles.